The maximum atomic E-state index is 12.1. The first kappa shape index (κ1) is 14.1. The van der Waals surface area contributed by atoms with Crippen molar-refractivity contribution in [3.63, 3.8) is 0 Å². The van der Waals surface area contributed by atoms with E-state index in [0.29, 0.717) is 5.56 Å². The summed E-state index contributed by atoms with van der Waals surface area (Å²) in [7, 11) is -3.74. The number of aromatic hydroxyl groups is 1. The number of rotatable bonds is 4. The van der Waals surface area contributed by atoms with Gasteiger partial charge in [-0.1, -0.05) is 18.2 Å². The second-order valence-corrected chi connectivity index (χ2v) is 5.92. The van der Waals surface area contributed by atoms with Crippen LogP contribution in [0.15, 0.2) is 53.4 Å². The molecule has 0 saturated heterocycles. The summed E-state index contributed by atoms with van der Waals surface area (Å²) in [5.74, 6) is -0.160. The standard InChI is InChI=1S/C14H13NO4S/c1-10(16)11-5-7-14(8-6-11)20(18,19)15-12-3-2-4-13(17)9-12/h2-9,15,17H,1H3. The van der Waals surface area contributed by atoms with Gasteiger partial charge in [0.05, 0.1) is 10.6 Å². The van der Waals surface area contributed by atoms with Crippen LogP contribution in [0.4, 0.5) is 5.69 Å². The first-order valence-corrected chi connectivity index (χ1v) is 7.30. The second-order valence-electron chi connectivity index (χ2n) is 4.24. The van der Waals surface area contributed by atoms with Crippen molar-refractivity contribution in [2.24, 2.45) is 0 Å². The average Bonchev–Trinajstić information content (AvgIpc) is 2.38. The number of phenols is 1. The number of ketones is 1. The number of benzene rings is 2. The maximum Gasteiger partial charge on any atom is 0.261 e. The molecule has 2 N–H and O–H groups in total. The number of Topliss-reactive ketones (excluding diaryl/α,β-unsaturated/α-hetero) is 1. The molecule has 0 spiro atoms. The maximum absolute atomic E-state index is 12.1. The fourth-order valence-electron chi connectivity index (χ4n) is 1.65. The smallest absolute Gasteiger partial charge is 0.261 e. The quantitative estimate of drug-likeness (QED) is 0.847. The summed E-state index contributed by atoms with van der Waals surface area (Å²) < 4.78 is 26.6. The summed E-state index contributed by atoms with van der Waals surface area (Å²) in [5.41, 5.74) is 0.710. The van der Waals surface area contributed by atoms with E-state index in [0.717, 1.165) is 0 Å². The van der Waals surface area contributed by atoms with E-state index in [4.69, 9.17) is 0 Å². The molecule has 0 bridgehead atoms. The number of sulfonamides is 1. The molecule has 0 saturated carbocycles. The predicted octanol–water partition coefficient (Wildman–Crippen LogP) is 2.40. The van der Waals surface area contributed by atoms with E-state index < -0.39 is 10.0 Å². The van der Waals surface area contributed by atoms with Crippen molar-refractivity contribution in [3.05, 3.63) is 54.1 Å². The highest BCUT2D eigenvalue weighted by atomic mass is 32.2. The van der Waals surface area contributed by atoms with Gasteiger partial charge in [0.1, 0.15) is 5.75 Å². The van der Waals surface area contributed by atoms with Crippen molar-refractivity contribution in [1.29, 1.82) is 0 Å². The van der Waals surface area contributed by atoms with Crippen LogP contribution in [0.2, 0.25) is 0 Å². The van der Waals surface area contributed by atoms with E-state index in [1.807, 2.05) is 0 Å². The Kier molecular flexibility index (Phi) is 3.76. The van der Waals surface area contributed by atoms with E-state index >= 15 is 0 Å². The van der Waals surface area contributed by atoms with Crippen molar-refractivity contribution in [1.82, 2.24) is 0 Å². The largest absolute Gasteiger partial charge is 0.508 e. The number of anilines is 1. The molecule has 6 heteroatoms. The predicted molar refractivity (Wildman–Crippen MR) is 75.4 cm³/mol. The van der Waals surface area contributed by atoms with E-state index in [1.54, 1.807) is 0 Å². The molecule has 20 heavy (non-hydrogen) atoms. The minimum Gasteiger partial charge on any atom is -0.508 e. The number of carbonyl (C=O) groups excluding carboxylic acids is 1. The van der Waals surface area contributed by atoms with Crippen LogP contribution in [-0.2, 0) is 10.0 Å². The Morgan fingerprint density at radius 3 is 2.30 bits per heavy atom. The zero-order valence-electron chi connectivity index (χ0n) is 10.7. The molecule has 0 heterocycles. The zero-order chi connectivity index (χ0) is 14.8. The number of hydrogen-bond donors (Lipinski definition) is 2. The number of phenolic OH excluding ortho intramolecular Hbond substituents is 1. The van der Waals surface area contributed by atoms with Crippen LogP contribution in [0, 0.1) is 0 Å². The van der Waals surface area contributed by atoms with E-state index in [-0.39, 0.29) is 22.1 Å². The van der Waals surface area contributed by atoms with Gasteiger partial charge in [-0.15, -0.1) is 0 Å². The molecule has 0 radical (unpaired) electrons. The molecule has 2 aromatic rings. The molecule has 0 aliphatic carbocycles. The summed E-state index contributed by atoms with van der Waals surface area (Å²) in [4.78, 5) is 11.2. The van der Waals surface area contributed by atoms with Gasteiger partial charge in [0.2, 0.25) is 0 Å². The van der Waals surface area contributed by atoms with Gasteiger partial charge in [-0.2, -0.15) is 0 Å². The SMILES string of the molecule is CC(=O)c1ccc(S(=O)(=O)Nc2cccc(O)c2)cc1. The van der Waals surface area contributed by atoms with Crippen LogP contribution in [0.25, 0.3) is 0 Å². The minimum absolute atomic E-state index is 0.0304. The zero-order valence-corrected chi connectivity index (χ0v) is 11.5. The van der Waals surface area contributed by atoms with Gasteiger partial charge >= 0.3 is 0 Å². The van der Waals surface area contributed by atoms with Crippen LogP contribution in [-0.4, -0.2) is 19.3 Å². The summed E-state index contributed by atoms with van der Waals surface area (Å²) >= 11 is 0. The third-order valence-electron chi connectivity index (χ3n) is 2.67. The Hall–Kier alpha value is -2.34. The van der Waals surface area contributed by atoms with E-state index in [2.05, 4.69) is 4.72 Å². The monoisotopic (exact) mass is 291 g/mol. The highest BCUT2D eigenvalue weighted by Gasteiger charge is 2.14. The van der Waals surface area contributed by atoms with Crippen LogP contribution in [0.5, 0.6) is 5.75 Å². The van der Waals surface area contributed by atoms with Crippen molar-refractivity contribution in [2.45, 2.75) is 11.8 Å². The molecule has 0 aromatic heterocycles. The van der Waals surface area contributed by atoms with Gasteiger partial charge in [0.15, 0.2) is 5.78 Å². The lowest BCUT2D eigenvalue weighted by molar-refractivity contribution is 0.101. The fourth-order valence-corrected chi connectivity index (χ4v) is 2.70. The lowest BCUT2D eigenvalue weighted by atomic mass is 10.2. The molecule has 0 unspecified atom stereocenters. The highest BCUT2D eigenvalue weighted by Crippen LogP contribution is 2.20. The summed E-state index contributed by atoms with van der Waals surface area (Å²) in [6, 6.07) is 11.5. The lowest BCUT2D eigenvalue weighted by Gasteiger charge is -2.08. The molecule has 0 amide bonds. The van der Waals surface area contributed by atoms with Crippen LogP contribution >= 0.6 is 0 Å². The highest BCUT2D eigenvalue weighted by molar-refractivity contribution is 7.92. The number of hydrogen-bond acceptors (Lipinski definition) is 4. The molecular formula is C14H13NO4S. The molecule has 0 aliphatic heterocycles. The van der Waals surface area contributed by atoms with Gasteiger partial charge in [0, 0.05) is 11.6 Å². The third-order valence-corrected chi connectivity index (χ3v) is 4.07. The summed E-state index contributed by atoms with van der Waals surface area (Å²) in [5, 5.41) is 9.31. The first-order valence-electron chi connectivity index (χ1n) is 5.81. The van der Waals surface area contributed by atoms with Crippen molar-refractivity contribution < 1.29 is 18.3 Å². The van der Waals surface area contributed by atoms with Crippen LogP contribution in [0.1, 0.15) is 17.3 Å². The fraction of sp³-hybridized carbons (Fsp3) is 0.0714. The topological polar surface area (TPSA) is 83.5 Å². The molecule has 104 valence electrons. The molecule has 5 nitrogen and oxygen atoms in total. The van der Waals surface area contributed by atoms with Crippen molar-refractivity contribution >= 4 is 21.5 Å². The van der Waals surface area contributed by atoms with E-state index in [1.165, 1.54) is 55.5 Å². The molecule has 0 fully saturated rings. The Balaban J connectivity index is 2.28. The molecule has 0 aliphatic rings. The average molecular weight is 291 g/mol. The lowest BCUT2D eigenvalue weighted by Crippen LogP contribution is -2.13. The number of nitrogens with one attached hydrogen (secondary N) is 1. The summed E-state index contributed by atoms with van der Waals surface area (Å²) in [6.07, 6.45) is 0. The van der Waals surface area contributed by atoms with E-state index in [9.17, 15) is 18.3 Å². The van der Waals surface area contributed by atoms with Gasteiger partial charge in [-0.3, -0.25) is 9.52 Å². The minimum atomic E-state index is -3.74. The van der Waals surface area contributed by atoms with Crippen molar-refractivity contribution in [2.75, 3.05) is 4.72 Å². The first-order chi connectivity index (χ1) is 9.38. The Morgan fingerprint density at radius 1 is 1.10 bits per heavy atom. The molecular weight excluding hydrogens is 278 g/mol. The Bertz CT molecular complexity index is 736. The summed E-state index contributed by atoms with van der Waals surface area (Å²) in [6.45, 7) is 1.41. The Labute approximate surface area is 116 Å². The molecule has 0 atom stereocenters. The van der Waals surface area contributed by atoms with Gasteiger partial charge in [0.25, 0.3) is 10.0 Å². The second kappa shape index (κ2) is 5.34. The van der Waals surface area contributed by atoms with Gasteiger partial charge < -0.3 is 5.11 Å². The van der Waals surface area contributed by atoms with Crippen LogP contribution < -0.4 is 4.72 Å². The normalized spacial score (nSPS) is 11.1. The Morgan fingerprint density at radius 2 is 1.75 bits per heavy atom. The van der Waals surface area contributed by atoms with Gasteiger partial charge in [-0.05, 0) is 31.2 Å². The molecule has 2 aromatic carbocycles. The van der Waals surface area contributed by atoms with Gasteiger partial charge in [-0.25, -0.2) is 8.42 Å². The van der Waals surface area contributed by atoms with Crippen molar-refractivity contribution in [3.8, 4) is 5.75 Å². The third kappa shape index (κ3) is 3.16. The molecule has 2 rings (SSSR count). The van der Waals surface area contributed by atoms with Crippen LogP contribution in [0.3, 0.4) is 0 Å². The number of carbonyl (C=O) groups is 1.